The van der Waals surface area contributed by atoms with Crippen molar-refractivity contribution in [2.45, 2.75) is 45.6 Å². The van der Waals surface area contributed by atoms with Crippen LogP contribution in [0.25, 0.3) is 0 Å². The summed E-state index contributed by atoms with van der Waals surface area (Å²) in [5.41, 5.74) is 7.60. The fourth-order valence-corrected chi connectivity index (χ4v) is 4.11. The van der Waals surface area contributed by atoms with Crippen LogP contribution in [0.1, 0.15) is 59.5 Å². The second-order valence-corrected chi connectivity index (χ2v) is 8.37. The molecule has 1 atom stereocenters. The number of hydrogen-bond acceptors (Lipinski definition) is 4. The van der Waals surface area contributed by atoms with Gasteiger partial charge in [-0.15, -0.1) is 11.3 Å². The lowest BCUT2D eigenvalue weighted by Crippen LogP contribution is -2.45. The summed E-state index contributed by atoms with van der Waals surface area (Å²) in [7, 11) is 2.17. The first-order valence-corrected chi connectivity index (χ1v) is 9.43. The Hall–Kier alpha value is -2.14. The number of nitrogens with zero attached hydrogens (tertiary/aromatic N) is 2. The third-order valence-electron chi connectivity index (χ3n) is 5.14. The van der Waals surface area contributed by atoms with Crippen LogP contribution >= 0.6 is 11.3 Å². The van der Waals surface area contributed by atoms with Gasteiger partial charge in [-0.25, -0.2) is 5.43 Å². The summed E-state index contributed by atoms with van der Waals surface area (Å²) >= 11 is 1.41. The Kier molecular flexibility index (Phi) is 4.69. The smallest absolute Gasteiger partial charge is 0.281 e. The number of amides is 1. The van der Waals surface area contributed by atoms with E-state index in [-0.39, 0.29) is 11.4 Å². The summed E-state index contributed by atoms with van der Waals surface area (Å²) in [6.07, 6.45) is 2.86. The summed E-state index contributed by atoms with van der Waals surface area (Å²) in [5.74, 6) is 0.325. The molecule has 1 amide bonds. The van der Waals surface area contributed by atoms with Crippen LogP contribution in [0, 0.1) is 6.92 Å². The molecule has 1 N–H and O–H groups in total. The molecule has 0 aliphatic carbocycles. The normalized spacial score (nSPS) is 19.1. The number of carbonyl (C=O) groups excluding carboxylic acids is 1. The van der Waals surface area contributed by atoms with Crippen LogP contribution in [0.4, 0.5) is 5.69 Å². The third kappa shape index (κ3) is 3.47. The van der Waals surface area contributed by atoms with Gasteiger partial charge in [0.2, 0.25) is 0 Å². The van der Waals surface area contributed by atoms with Gasteiger partial charge >= 0.3 is 0 Å². The highest BCUT2D eigenvalue weighted by Gasteiger charge is 2.34. The van der Waals surface area contributed by atoms with Gasteiger partial charge in [-0.1, -0.05) is 13.0 Å². The number of anilines is 1. The Morgan fingerprint density at radius 3 is 2.88 bits per heavy atom. The maximum atomic E-state index is 12.0. The van der Waals surface area contributed by atoms with Crippen LogP contribution in [-0.2, 0) is 0 Å². The van der Waals surface area contributed by atoms with Crippen molar-refractivity contribution < 1.29 is 4.79 Å². The van der Waals surface area contributed by atoms with E-state index in [9.17, 15) is 4.79 Å². The van der Waals surface area contributed by atoms with Crippen molar-refractivity contribution in [3.05, 3.63) is 51.2 Å². The van der Waals surface area contributed by atoms with E-state index in [0.29, 0.717) is 10.8 Å². The Balaban J connectivity index is 1.83. The Morgan fingerprint density at radius 1 is 1.44 bits per heavy atom. The summed E-state index contributed by atoms with van der Waals surface area (Å²) < 4.78 is 0. The molecule has 2 heterocycles. The predicted octanol–water partition coefficient (Wildman–Crippen LogP) is 4.54. The van der Waals surface area contributed by atoms with Gasteiger partial charge in [0, 0.05) is 18.3 Å². The summed E-state index contributed by atoms with van der Waals surface area (Å²) in [6.45, 7) is 8.94. The van der Waals surface area contributed by atoms with E-state index in [2.05, 4.69) is 62.3 Å². The maximum absolute atomic E-state index is 12.0. The molecule has 5 heteroatoms. The number of hydrogen-bond donors (Lipinski definition) is 1. The molecule has 3 rings (SSSR count). The maximum Gasteiger partial charge on any atom is 0.281 e. The molecule has 2 aromatic rings. The zero-order valence-electron chi connectivity index (χ0n) is 15.5. The van der Waals surface area contributed by atoms with Crippen molar-refractivity contribution in [3.8, 4) is 0 Å². The van der Waals surface area contributed by atoms with Crippen molar-refractivity contribution >= 4 is 29.1 Å². The highest BCUT2D eigenvalue weighted by Crippen LogP contribution is 2.43. The highest BCUT2D eigenvalue weighted by atomic mass is 32.1. The van der Waals surface area contributed by atoms with Crippen LogP contribution in [0.15, 0.2) is 34.7 Å². The topological polar surface area (TPSA) is 44.7 Å². The molecule has 0 spiro atoms. The SMILES string of the molecule is Cc1cc2c(cc1/C=N/NC(=O)c1cccs1)[C@@H](C)CC(C)(C)N2C. The third-order valence-corrected chi connectivity index (χ3v) is 6.00. The fraction of sp³-hybridized carbons (Fsp3) is 0.400. The molecule has 0 bridgehead atoms. The molecule has 0 unspecified atom stereocenters. The number of benzene rings is 1. The quantitative estimate of drug-likeness (QED) is 0.649. The molecular weight excluding hydrogens is 330 g/mol. The van der Waals surface area contributed by atoms with E-state index in [0.717, 1.165) is 17.5 Å². The fourth-order valence-electron chi connectivity index (χ4n) is 3.50. The molecule has 132 valence electrons. The molecule has 1 aromatic heterocycles. The molecule has 0 radical (unpaired) electrons. The van der Waals surface area contributed by atoms with E-state index in [1.807, 2.05) is 11.4 Å². The zero-order chi connectivity index (χ0) is 18.2. The minimum Gasteiger partial charge on any atom is -0.369 e. The van der Waals surface area contributed by atoms with Crippen LogP contribution in [-0.4, -0.2) is 24.7 Å². The van der Waals surface area contributed by atoms with Crippen molar-refractivity contribution in [2.24, 2.45) is 5.10 Å². The average Bonchev–Trinajstić information content (AvgIpc) is 3.08. The number of thiophene rings is 1. The largest absolute Gasteiger partial charge is 0.369 e. The lowest BCUT2D eigenvalue weighted by molar-refractivity contribution is 0.0959. The molecular formula is C20H25N3OS. The molecule has 0 saturated heterocycles. The van der Waals surface area contributed by atoms with Crippen molar-refractivity contribution in [1.29, 1.82) is 0 Å². The van der Waals surface area contributed by atoms with Gasteiger partial charge in [0.15, 0.2) is 0 Å². The van der Waals surface area contributed by atoms with E-state index in [1.54, 1.807) is 12.3 Å². The van der Waals surface area contributed by atoms with E-state index >= 15 is 0 Å². The summed E-state index contributed by atoms with van der Waals surface area (Å²) in [5, 5.41) is 6.03. The molecule has 0 fully saturated rings. The number of fused-ring (bicyclic) bond motifs is 1. The molecule has 1 aliphatic heterocycles. The van der Waals surface area contributed by atoms with Crippen LogP contribution in [0.2, 0.25) is 0 Å². The lowest BCUT2D eigenvalue weighted by Gasteiger charge is -2.45. The monoisotopic (exact) mass is 355 g/mol. The van der Waals surface area contributed by atoms with Gasteiger partial charge in [0.05, 0.1) is 11.1 Å². The van der Waals surface area contributed by atoms with Gasteiger partial charge < -0.3 is 4.90 Å². The molecule has 1 aromatic carbocycles. The second-order valence-electron chi connectivity index (χ2n) is 7.42. The molecule has 25 heavy (non-hydrogen) atoms. The van der Waals surface area contributed by atoms with Crippen molar-refractivity contribution in [3.63, 3.8) is 0 Å². The zero-order valence-corrected chi connectivity index (χ0v) is 16.3. The minimum absolute atomic E-state index is 0.156. The second kappa shape index (κ2) is 6.64. The molecule has 1 aliphatic rings. The van der Waals surface area contributed by atoms with E-state index in [4.69, 9.17) is 0 Å². The number of rotatable bonds is 3. The minimum atomic E-state index is -0.170. The Labute approximate surface area is 153 Å². The highest BCUT2D eigenvalue weighted by molar-refractivity contribution is 7.12. The molecule has 4 nitrogen and oxygen atoms in total. The predicted molar refractivity (Wildman–Crippen MR) is 106 cm³/mol. The molecule has 0 saturated carbocycles. The summed E-state index contributed by atoms with van der Waals surface area (Å²) in [6, 6.07) is 8.09. The van der Waals surface area contributed by atoms with Crippen LogP contribution < -0.4 is 10.3 Å². The van der Waals surface area contributed by atoms with Gasteiger partial charge in [0.1, 0.15) is 0 Å². The number of aryl methyl sites for hydroxylation is 1. The first kappa shape index (κ1) is 17.7. The Bertz CT molecular complexity index is 809. The Morgan fingerprint density at radius 2 is 2.20 bits per heavy atom. The van der Waals surface area contributed by atoms with Crippen LogP contribution in [0.5, 0.6) is 0 Å². The lowest BCUT2D eigenvalue weighted by atomic mass is 9.79. The summed E-state index contributed by atoms with van der Waals surface area (Å²) in [4.78, 5) is 15.0. The van der Waals surface area contributed by atoms with Crippen molar-refractivity contribution in [1.82, 2.24) is 5.43 Å². The van der Waals surface area contributed by atoms with Gasteiger partial charge in [-0.3, -0.25) is 4.79 Å². The average molecular weight is 356 g/mol. The van der Waals surface area contributed by atoms with E-state index in [1.165, 1.54) is 22.6 Å². The van der Waals surface area contributed by atoms with Gasteiger partial charge in [-0.2, -0.15) is 5.10 Å². The first-order chi connectivity index (χ1) is 11.8. The number of nitrogens with one attached hydrogen (secondary N) is 1. The first-order valence-electron chi connectivity index (χ1n) is 8.55. The van der Waals surface area contributed by atoms with Gasteiger partial charge in [0.25, 0.3) is 5.91 Å². The number of hydrazone groups is 1. The van der Waals surface area contributed by atoms with Gasteiger partial charge in [-0.05, 0) is 73.4 Å². The van der Waals surface area contributed by atoms with Crippen LogP contribution in [0.3, 0.4) is 0 Å². The van der Waals surface area contributed by atoms with Crippen molar-refractivity contribution in [2.75, 3.05) is 11.9 Å². The number of carbonyl (C=O) groups is 1. The standard InChI is InChI=1S/C20H25N3OS/c1-13-9-17-16(14(2)11-20(3,4)23(17)5)10-15(13)12-21-22-19(24)18-7-6-8-25-18/h6-10,12,14H,11H2,1-5H3,(H,22,24)/b21-12+/t14-/m0/s1. The van der Waals surface area contributed by atoms with E-state index < -0.39 is 0 Å².